The molecular formula is C12H29ClO3Si2. The Morgan fingerprint density at radius 2 is 1.78 bits per heavy atom. The molecule has 0 rings (SSSR count). The van der Waals surface area contributed by atoms with Gasteiger partial charge in [0.15, 0.2) is 0 Å². The number of halogens is 1. The molecule has 0 amide bonds. The van der Waals surface area contributed by atoms with Crippen LogP contribution in [0.15, 0.2) is 12.3 Å². The fraction of sp³-hybridized carbons (Fsp3) is 0.833. The number of alkyl halides is 1. The third-order valence-corrected chi connectivity index (χ3v) is 6.57. The fourth-order valence-electron chi connectivity index (χ4n) is 1.17. The Morgan fingerprint density at radius 3 is 2.06 bits per heavy atom. The van der Waals surface area contributed by atoms with Crippen LogP contribution in [0.5, 0.6) is 0 Å². The van der Waals surface area contributed by atoms with E-state index in [1.54, 1.807) is 14.2 Å². The fourth-order valence-corrected chi connectivity index (χ4v) is 3.51. The summed E-state index contributed by atoms with van der Waals surface area (Å²) in [6.45, 7) is 10.8. The summed E-state index contributed by atoms with van der Waals surface area (Å²) in [6.07, 6.45) is 2.19. The van der Waals surface area contributed by atoms with E-state index in [9.17, 15) is 0 Å². The highest BCUT2D eigenvalue weighted by Crippen LogP contribution is 2.03. The first-order valence-corrected chi connectivity index (χ1v) is 11.6. The second kappa shape index (κ2) is 13.8. The molecule has 0 aliphatic rings. The molecule has 0 fully saturated rings. The van der Waals surface area contributed by atoms with Crippen molar-refractivity contribution in [3.05, 3.63) is 12.3 Å². The zero-order valence-corrected chi connectivity index (χ0v) is 15.4. The van der Waals surface area contributed by atoms with Crippen LogP contribution in [0.3, 0.4) is 0 Å². The quantitative estimate of drug-likeness (QED) is 0.371. The summed E-state index contributed by atoms with van der Waals surface area (Å²) in [6, 6.07) is 1.07. The van der Waals surface area contributed by atoms with Crippen LogP contribution in [-0.2, 0) is 13.3 Å². The van der Waals surface area contributed by atoms with E-state index in [1.165, 1.54) is 0 Å². The lowest BCUT2D eigenvalue weighted by atomic mass is 10.4. The van der Waals surface area contributed by atoms with Crippen LogP contribution < -0.4 is 0 Å². The normalized spacial score (nSPS) is 11.1. The summed E-state index contributed by atoms with van der Waals surface area (Å²) in [7, 11) is 0.723. The van der Waals surface area contributed by atoms with Gasteiger partial charge in [0.05, 0.1) is 0 Å². The zero-order valence-electron chi connectivity index (χ0n) is 12.5. The minimum Gasteiger partial charge on any atom is -0.414 e. The maximum absolute atomic E-state index is 5.51. The van der Waals surface area contributed by atoms with Crippen molar-refractivity contribution in [3.8, 4) is 0 Å². The Hall–Kier alpha value is 0.344. The van der Waals surface area contributed by atoms with Crippen LogP contribution in [-0.4, -0.2) is 44.3 Å². The Bertz CT molecular complexity index is 188. The van der Waals surface area contributed by atoms with Crippen molar-refractivity contribution >= 4 is 29.2 Å². The largest absolute Gasteiger partial charge is 0.414 e. The molecule has 0 saturated heterocycles. The van der Waals surface area contributed by atoms with E-state index in [2.05, 4.69) is 19.7 Å². The summed E-state index contributed by atoms with van der Waals surface area (Å²) in [4.78, 5) is 0. The zero-order chi connectivity index (χ0) is 14.4. The average Bonchev–Trinajstić information content (AvgIpc) is 2.36. The van der Waals surface area contributed by atoms with Gasteiger partial charge < -0.3 is 13.3 Å². The van der Waals surface area contributed by atoms with Crippen LogP contribution in [0.1, 0.15) is 19.8 Å². The van der Waals surface area contributed by atoms with Crippen molar-refractivity contribution in [3.63, 3.8) is 0 Å². The Labute approximate surface area is 120 Å². The first-order valence-electron chi connectivity index (χ1n) is 6.36. The summed E-state index contributed by atoms with van der Waals surface area (Å²) >= 11 is 5.51. The lowest BCUT2D eigenvalue weighted by Gasteiger charge is -2.15. The highest BCUT2D eigenvalue weighted by atomic mass is 35.5. The van der Waals surface area contributed by atoms with Crippen LogP contribution in [0, 0.1) is 0 Å². The van der Waals surface area contributed by atoms with Gasteiger partial charge in [0.25, 0.3) is 0 Å². The predicted octanol–water partition coefficient (Wildman–Crippen LogP) is 3.47. The molecule has 0 aliphatic heterocycles. The molecule has 0 atom stereocenters. The van der Waals surface area contributed by atoms with Crippen LogP contribution in [0.25, 0.3) is 0 Å². The van der Waals surface area contributed by atoms with E-state index >= 15 is 0 Å². The van der Waals surface area contributed by atoms with Crippen molar-refractivity contribution in [1.82, 2.24) is 0 Å². The van der Waals surface area contributed by atoms with Crippen LogP contribution >= 0.6 is 11.6 Å². The molecule has 0 heterocycles. The second-order valence-corrected chi connectivity index (χ2v) is 11.0. The van der Waals surface area contributed by atoms with Crippen molar-refractivity contribution in [2.75, 3.05) is 26.7 Å². The summed E-state index contributed by atoms with van der Waals surface area (Å²) in [5, 5.41) is 0. The van der Waals surface area contributed by atoms with Gasteiger partial charge in [-0.3, -0.25) is 0 Å². The molecule has 110 valence electrons. The molecule has 0 aromatic heterocycles. The monoisotopic (exact) mass is 312 g/mol. The molecule has 0 unspecified atom stereocenters. The minimum absolute atomic E-state index is 0.745. The molecule has 0 radical (unpaired) electrons. The lowest BCUT2D eigenvalue weighted by molar-refractivity contribution is 0.276. The van der Waals surface area contributed by atoms with E-state index < -0.39 is 17.6 Å². The number of unbranched alkanes of at least 4 members (excludes halogenated alkanes) is 1. The maximum Gasteiger partial charge on any atom is 0.320 e. The molecule has 18 heavy (non-hydrogen) atoms. The van der Waals surface area contributed by atoms with Crippen molar-refractivity contribution in [2.24, 2.45) is 0 Å². The van der Waals surface area contributed by atoms with E-state index in [-0.39, 0.29) is 0 Å². The summed E-state index contributed by atoms with van der Waals surface area (Å²) in [5.74, 6) is 0.745. The third kappa shape index (κ3) is 14.4. The standard InChI is InChI=1S/C6H15ClO2Si.C6H14OSi/c1-8-10(9-2)6-4-3-5-7;1-5-7-8(3,4)6-2/h10H,3-6H2,1-2H3;6H,2,5H2,1,3-4H3. The molecule has 0 spiro atoms. The van der Waals surface area contributed by atoms with Gasteiger partial charge in [0, 0.05) is 26.7 Å². The first-order chi connectivity index (χ1) is 8.47. The number of hydrogen-bond acceptors (Lipinski definition) is 3. The molecule has 3 nitrogen and oxygen atoms in total. The maximum atomic E-state index is 5.51. The van der Waals surface area contributed by atoms with E-state index in [4.69, 9.17) is 24.9 Å². The van der Waals surface area contributed by atoms with Crippen molar-refractivity contribution in [2.45, 2.75) is 38.9 Å². The highest BCUT2D eigenvalue weighted by molar-refractivity contribution is 6.76. The minimum atomic E-state index is -1.41. The van der Waals surface area contributed by atoms with Gasteiger partial charge in [-0.05, 0) is 32.5 Å². The second-order valence-electron chi connectivity index (χ2n) is 4.33. The lowest BCUT2D eigenvalue weighted by Crippen LogP contribution is -2.27. The molecule has 0 aliphatic carbocycles. The van der Waals surface area contributed by atoms with Gasteiger partial charge in [0.2, 0.25) is 8.32 Å². The number of hydrogen-bond donors (Lipinski definition) is 0. The van der Waals surface area contributed by atoms with Gasteiger partial charge in [-0.15, -0.1) is 18.2 Å². The van der Waals surface area contributed by atoms with Gasteiger partial charge in [0.1, 0.15) is 0 Å². The van der Waals surface area contributed by atoms with Gasteiger partial charge in [-0.2, -0.15) is 0 Å². The molecular weight excluding hydrogens is 284 g/mol. The molecule has 0 N–H and O–H groups in total. The molecule has 0 aromatic carbocycles. The number of rotatable bonds is 9. The van der Waals surface area contributed by atoms with Gasteiger partial charge in [-0.1, -0.05) is 12.1 Å². The molecule has 0 aromatic rings. The predicted molar refractivity (Wildman–Crippen MR) is 85.2 cm³/mol. The molecule has 6 heteroatoms. The van der Waals surface area contributed by atoms with Gasteiger partial charge in [-0.25, -0.2) is 0 Å². The van der Waals surface area contributed by atoms with E-state index in [0.29, 0.717) is 0 Å². The Kier molecular flexibility index (Phi) is 15.8. The SMILES string of the molecule is C=C[Si](C)(C)OCC.CO[SiH](CCCCCl)OC. The summed E-state index contributed by atoms with van der Waals surface area (Å²) < 4.78 is 15.6. The van der Waals surface area contributed by atoms with E-state index in [0.717, 1.165) is 31.4 Å². The highest BCUT2D eigenvalue weighted by Gasteiger charge is 2.14. The summed E-state index contributed by atoms with van der Waals surface area (Å²) in [5.41, 5.74) is 1.94. The smallest absolute Gasteiger partial charge is 0.320 e. The average molecular weight is 313 g/mol. The van der Waals surface area contributed by atoms with Crippen LogP contribution in [0.2, 0.25) is 19.1 Å². The topological polar surface area (TPSA) is 27.7 Å². The third-order valence-electron chi connectivity index (χ3n) is 2.36. The first kappa shape index (κ1) is 20.7. The van der Waals surface area contributed by atoms with Crippen LogP contribution in [0.4, 0.5) is 0 Å². The van der Waals surface area contributed by atoms with Gasteiger partial charge >= 0.3 is 9.28 Å². The van der Waals surface area contributed by atoms with Crippen molar-refractivity contribution in [1.29, 1.82) is 0 Å². The van der Waals surface area contributed by atoms with Crippen molar-refractivity contribution < 1.29 is 13.3 Å². The Morgan fingerprint density at radius 1 is 1.22 bits per heavy atom. The van der Waals surface area contributed by atoms with E-state index in [1.807, 2.05) is 12.6 Å². The molecule has 0 bridgehead atoms. The molecule has 0 saturated carbocycles. The Balaban J connectivity index is 0.